The predicted molar refractivity (Wildman–Crippen MR) is 262 cm³/mol. The molecule has 0 radical (unpaired) electrons. The molecule has 12 aromatic rings. The monoisotopic (exact) mass is 783 g/mol. The standard InChI is InChI=1S/C61H37N/c1-3-20-44-40(16-1)42-18-5-7-22-46(42)53-36-38(32-34-48(44)53)62(39-33-35-49-45-21-4-2-17-41(45)43-19-6-8-23-47(43)54(49)37-39)59-31-15-30-58-60(59)52-26-11-14-29-57(52)61(58)55-27-12-9-24-50(55)51-25-10-13-28-56(51)61/h1-37H. The molecule has 0 aromatic heterocycles. The first-order chi connectivity index (χ1) is 30.8. The number of benzene rings is 12. The molecule has 0 N–H and O–H groups in total. The molecule has 286 valence electrons. The van der Waals surface area contributed by atoms with Gasteiger partial charge in [-0.25, -0.2) is 0 Å². The Kier molecular flexibility index (Phi) is 6.82. The fraction of sp³-hybridized carbons (Fsp3) is 0.0164. The van der Waals surface area contributed by atoms with Crippen molar-refractivity contribution < 1.29 is 0 Å². The van der Waals surface area contributed by atoms with E-state index < -0.39 is 5.41 Å². The summed E-state index contributed by atoms with van der Waals surface area (Å²) in [6, 6.07) is 84.3. The Morgan fingerprint density at radius 2 is 0.565 bits per heavy atom. The second-order valence-corrected chi connectivity index (χ2v) is 17.1. The second kappa shape index (κ2) is 12.5. The van der Waals surface area contributed by atoms with Gasteiger partial charge in [-0.1, -0.05) is 194 Å². The minimum Gasteiger partial charge on any atom is -0.310 e. The summed E-state index contributed by atoms with van der Waals surface area (Å²) in [6.07, 6.45) is 0. The van der Waals surface area contributed by atoms with Crippen LogP contribution in [0.4, 0.5) is 17.1 Å². The van der Waals surface area contributed by atoms with Crippen LogP contribution in [0.2, 0.25) is 0 Å². The summed E-state index contributed by atoms with van der Waals surface area (Å²) in [5.74, 6) is 0. The number of anilines is 3. The summed E-state index contributed by atoms with van der Waals surface area (Å²) in [7, 11) is 0. The van der Waals surface area contributed by atoms with Gasteiger partial charge in [0, 0.05) is 16.9 Å². The van der Waals surface area contributed by atoms with Crippen molar-refractivity contribution in [1.82, 2.24) is 0 Å². The lowest BCUT2D eigenvalue weighted by atomic mass is 9.70. The maximum atomic E-state index is 2.55. The molecule has 0 saturated heterocycles. The highest BCUT2D eigenvalue weighted by atomic mass is 15.1. The predicted octanol–water partition coefficient (Wildman–Crippen LogP) is 16.4. The summed E-state index contributed by atoms with van der Waals surface area (Å²) < 4.78 is 0. The van der Waals surface area contributed by atoms with Crippen molar-refractivity contribution in [2.24, 2.45) is 0 Å². The number of rotatable bonds is 3. The number of nitrogens with zero attached hydrogens (tertiary/aromatic N) is 1. The zero-order chi connectivity index (χ0) is 40.5. The SMILES string of the molecule is c1ccc2c(c1)-c1ccccc1C21c2ccccc2-c2c(N(c3ccc4c5ccccc5c5ccccc5c4c3)c3ccc4c5ccccc5c5ccccc5c4c3)cccc21. The van der Waals surface area contributed by atoms with Crippen LogP contribution in [0.15, 0.2) is 224 Å². The van der Waals surface area contributed by atoms with Crippen LogP contribution in [0.3, 0.4) is 0 Å². The smallest absolute Gasteiger partial charge is 0.0726 e. The third kappa shape index (κ3) is 4.32. The van der Waals surface area contributed by atoms with Crippen LogP contribution in [0.5, 0.6) is 0 Å². The molecule has 62 heavy (non-hydrogen) atoms. The molecule has 0 amide bonds. The molecule has 0 atom stereocenters. The number of hydrogen-bond acceptors (Lipinski definition) is 1. The summed E-state index contributed by atoms with van der Waals surface area (Å²) in [5, 5.41) is 15.2. The van der Waals surface area contributed by atoms with Crippen molar-refractivity contribution in [3.63, 3.8) is 0 Å². The van der Waals surface area contributed by atoms with E-state index in [1.807, 2.05) is 0 Å². The van der Waals surface area contributed by atoms with Gasteiger partial charge in [-0.05, 0) is 134 Å². The second-order valence-electron chi connectivity index (χ2n) is 17.1. The lowest BCUT2D eigenvalue weighted by Gasteiger charge is -2.32. The molecule has 0 unspecified atom stereocenters. The van der Waals surface area contributed by atoms with Gasteiger partial charge in [0.2, 0.25) is 0 Å². The van der Waals surface area contributed by atoms with Gasteiger partial charge in [0.05, 0.1) is 11.1 Å². The quantitative estimate of drug-likeness (QED) is 0.161. The molecule has 14 rings (SSSR count). The van der Waals surface area contributed by atoms with Gasteiger partial charge in [-0.15, -0.1) is 0 Å². The van der Waals surface area contributed by atoms with E-state index in [0.29, 0.717) is 0 Å². The maximum absolute atomic E-state index is 2.55. The van der Waals surface area contributed by atoms with Gasteiger partial charge in [0.1, 0.15) is 0 Å². The molecule has 0 aliphatic heterocycles. The highest BCUT2D eigenvalue weighted by Gasteiger charge is 2.52. The van der Waals surface area contributed by atoms with Crippen LogP contribution in [0.25, 0.3) is 86.9 Å². The molecule has 0 fully saturated rings. The third-order valence-corrected chi connectivity index (χ3v) is 14.2. The molecule has 0 bridgehead atoms. The van der Waals surface area contributed by atoms with E-state index >= 15 is 0 Å². The van der Waals surface area contributed by atoms with Crippen molar-refractivity contribution in [3.05, 3.63) is 247 Å². The Balaban J connectivity index is 1.11. The lowest BCUT2D eigenvalue weighted by Crippen LogP contribution is -2.26. The van der Waals surface area contributed by atoms with Gasteiger partial charge in [0.15, 0.2) is 0 Å². The van der Waals surface area contributed by atoms with Crippen LogP contribution in [0.1, 0.15) is 22.3 Å². The maximum Gasteiger partial charge on any atom is 0.0726 e. The fourth-order valence-electron chi connectivity index (χ4n) is 11.8. The highest BCUT2D eigenvalue weighted by Crippen LogP contribution is 2.64. The van der Waals surface area contributed by atoms with Crippen molar-refractivity contribution in [3.8, 4) is 22.3 Å². The topological polar surface area (TPSA) is 3.24 Å². The molecule has 0 heterocycles. The third-order valence-electron chi connectivity index (χ3n) is 14.2. The zero-order valence-corrected chi connectivity index (χ0v) is 33.8. The Bertz CT molecular complexity index is 3620. The molecule has 0 saturated carbocycles. The first-order valence-corrected chi connectivity index (χ1v) is 21.7. The van der Waals surface area contributed by atoms with Crippen LogP contribution in [0, 0.1) is 0 Å². The molecule has 12 aromatic carbocycles. The van der Waals surface area contributed by atoms with E-state index in [9.17, 15) is 0 Å². The van der Waals surface area contributed by atoms with Gasteiger partial charge in [-0.2, -0.15) is 0 Å². The van der Waals surface area contributed by atoms with Crippen LogP contribution >= 0.6 is 0 Å². The summed E-state index contributed by atoms with van der Waals surface area (Å²) in [4.78, 5) is 2.55. The van der Waals surface area contributed by atoms with Gasteiger partial charge in [-0.3, -0.25) is 0 Å². The van der Waals surface area contributed by atoms with E-state index in [1.54, 1.807) is 0 Å². The lowest BCUT2D eigenvalue weighted by molar-refractivity contribution is 0.794. The summed E-state index contributed by atoms with van der Waals surface area (Å²) in [6.45, 7) is 0. The molecule has 2 aliphatic carbocycles. The van der Waals surface area contributed by atoms with Crippen LogP contribution in [-0.2, 0) is 5.41 Å². The number of fused-ring (bicyclic) bond motifs is 22. The van der Waals surface area contributed by atoms with Gasteiger partial charge in [0.25, 0.3) is 0 Å². The van der Waals surface area contributed by atoms with Crippen molar-refractivity contribution >= 4 is 81.7 Å². The molecule has 1 nitrogen and oxygen atoms in total. The molecular weight excluding hydrogens is 747 g/mol. The van der Waals surface area contributed by atoms with Crippen molar-refractivity contribution in [2.45, 2.75) is 5.41 Å². The fourth-order valence-corrected chi connectivity index (χ4v) is 11.8. The molecular formula is C61H37N. The largest absolute Gasteiger partial charge is 0.310 e. The Hall–Kier alpha value is -8.00. The Morgan fingerprint density at radius 3 is 1.00 bits per heavy atom. The van der Waals surface area contributed by atoms with Gasteiger partial charge >= 0.3 is 0 Å². The van der Waals surface area contributed by atoms with Crippen molar-refractivity contribution in [1.29, 1.82) is 0 Å². The van der Waals surface area contributed by atoms with E-state index in [1.165, 1.54) is 115 Å². The minimum absolute atomic E-state index is 0.447. The number of hydrogen-bond donors (Lipinski definition) is 0. The molecule has 1 heteroatoms. The van der Waals surface area contributed by atoms with Crippen LogP contribution in [-0.4, -0.2) is 0 Å². The first kappa shape index (κ1) is 33.8. The van der Waals surface area contributed by atoms with Crippen LogP contribution < -0.4 is 4.90 Å². The zero-order valence-electron chi connectivity index (χ0n) is 33.8. The normalized spacial score (nSPS) is 13.3. The Morgan fingerprint density at radius 1 is 0.242 bits per heavy atom. The summed E-state index contributed by atoms with van der Waals surface area (Å²) >= 11 is 0. The van der Waals surface area contributed by atoms with E-state index in [0.717, 1.165) is 11.4 Å². The van der Waals surface area contributed by atoms with E-state index in [4.69, 9.17) is 0 Å². The Labute approximate surface area is 359 Å². The van der Waals surface area contributed by atoms with Gasteiger partial charge < -0.3 is 4.90 Å². The summed E-state index contributed by atoms with van der Waals surface area (Å²) in [5.41, 5.74) is 13.5. The first-order valence-electron chi connectivity index (χ1n) is 21.7. The average Bonchev–Trinajstić information content (AvgIpc) is 3.82. The minimum atomic E-state index is -0.447. The van der Waals surface area contributed by atoms with E-state index in [2.05, 4.69) is 229 Å². The van der Waals surface area contributed by atoms with Crippen molar-refractivity contribution in [2.75, 3.05) is 4.90 Å². The molecule has 2 aliphatic rings. The molecule has 1 spiro atoms. The van der Waals surface area contributed by atoms with E-state index in [-0.39, 0.29) is 0 Å². The average molecular weight is 784 g/mol. The highest BCUT2D eigenvalue weighted by molar-refractivity contribution is 6.27.